The maximum atomic E-state index is 6.32. The lowest BCUT2D eigenvalue weighted by atomic mass is 10.1. The Morgan fingerprint density at radius 3 is 2.80 bits per heavy atom. The first kappa shape index (κ1) is 16.2. The number of methoxy groups -OCH3 is 1. The molecule has 2 aromatic carbocycles. The van der Waals surface area contributed by atoms with Crippen molar-refractivity contribution in [1.82, 2.24) is 14.9 Å². The van der Waals surface area contributed by atoms with Crippen LogP contribution in [0.4, 0.5) is 0 Å². The standard InChI is InChI=1S/C18H15ClN4OS/c1-11-7-8-12(9-16(11)24-2)15-10-25-18-21-20-17(23(18)22-15)13-5-3-4-6-14(13)19/h3-9H,10H2,1-2H3. The summed E-state index contributed by atoms with van der Waals surface area (Å²) in [6.45, 7) is 2.02. The molecule has 0 radical (unpaired) electrons. The third-order valence-corrected chi connectivity index (χ3v) is 5.29. The topological polar surface area (TPSA) is 52.3 Å². The summed E-state index contributed by atoms with van der Waals surface area (Å²) >= 11 is 7.92. The summed E-state index contributed by atoms with van der Waals surface area (Å²) in [7, 11) is 1.68. The summed E-state index contributed by atoms with van der Waals surface area (Å²) in [6, 6.07) is 13.7. The molecule has 0 saturated carbocycles. The maximum Gasteiger partial charge on any atom is 0.212 e. The lowest BCUT2D eigenvalue weighted by Crippen LogP contribution is -2.14. The first-order valence-corrected chi connectivity index (χ1v) is 9.09. The monoisotopic (exact) mass is 370 g/mol. The van der Waals surface area contributed by atoms with Gasteiger partial charge < -0.3 is 4.74 Å². The van der Waals surface area contributed by atoms with Crippen molar-refractivity contribution in [2.45, 2.75) is 12.1 Å². The van der Waals surface area contributed by atoms with Crippen LogP contribution in [0.1, 0.15) is 11.1 Å². The fraction of sp³-hybridized carbons (Fsp3) is 0.167. The molecule has 126 valence electrons. The molecule has 2 heterocycles. The van der Waals surface area contributed by atoms with E-state index in [9.17, 15) is 0 Å². The third kappa shape index (κ3) is 2.92. The van der Waals surface area contributed by atoms with Crippen molar-refractivity contribution in [3.05, 3.63) is 58.6 Å². The molecule has 7 heteroatoms. The van der Waals surface area contributed by atoms with Crippen molar-refractivity contribution in [2.75, 3.05) is 12.9 Å². The first-order valence-electron chi connectivity index (χ1n) is 7.73. The van der Waals surface area contributed by atoms with E-state index in [0.717, 1.165) is 39.1 Å². The number of hydrogen-bond donors (Lipinski definition) is 0. The number of fused-ring (bicyclic) bond motifs is 1. The average molecular weight is 371 g/mol. The highest BCUT2D eigenvalue weighted by Crippen LogP contribution is 2.32. The van der Waals surface area contributed by atoms with E-state index in [0.29, 0.717) is 10.8 Å². The number of rotatable bonds is 3. The lowest BCUT2D eigenvalue weighted by Gasteiger charge is -2.15. The summed E-state index contributed by atoms with van der Waals surface area (Å²) in [5, 5.41) is 14.7. The van der Waals surface area contributed by atoms with Crippen LogP contribution in [-0.2, 0) is 0 Å². The summed E-state index contributed by atoms with van der Waals surface area (Å²) < 4.78 is 7.19. The van der Waals surface area contributed by atoms with Crippen molar-refractivity contribution in [3.63, 3.8) is 0 Å². The average Bonchev–Trinajstić information content (AvgIpc) is 3.05. The molecular formula is C18H15ClN4OS. The van der Waals surface area contributed by atoms with Gasteiger partial charge in [-0.05, 0) is 30.7 Å². The predicted octanol–water partition coefficient (Wildman–Crippen LogP) is 4.27. The van der Waals surface area contributed by atoms with Crippen LogP contribution >= 0.6 is 23.4 Å². The summed E-state index contributed by atoms with van der Waals surface area (Å²) in [4.78, 5) is 0. The summed E-state index contributed by atoms with van der Waals surface area (Å²) in [6.07, 6.45) is 0. The molecule has 0 atom stereocenters. The molecule has 1 aliphatic heterocycles. The van der Waals surface area contributed by atoms with Crippen molar-refractivity contribution >= 4 is 29.1 Å². The zero-order valence-electron chi connectivity index (χ0n) is 13.7. The van der Waals surface area contributed by atoms with E-state index in [2.05, 4.69) is 16.3 Å². The molecule has 0 spiro atoms. The van der Waals surface area contributed by atoms with Gasteiger partial charge in [-0.3, -0.25) is 0 Å². The van der Waals surface area contributed by atoms with Crippen LogP contribution in [0.15, 0.2) is 52.7 Å². The molecule has 0 bridgehead atoms. The zero-order valence-corrected chi connectivity index (χ0v) is 15.3. The Bertz CT molecular complexity index is 983. The SMILES string of the molecule is COc1cc(C2=Nn3c(nnc3-c3ccccc3Cl)SC2)ccc1C. The highest BCUT2D eigenvalue weighted by atomic mass is 35.5. The Morgan fingerprint density at radius 1 is 1.16 bits per heavy atom. The Hall–Kier alpha value is -2.31. The van der Waals surface area contributed by atoms with E-state index in [4.69, 9.17) is 21.4 Å². The van der Waals surface area contributed by atoms with E-state index in [1.54, 1.807) is 23.5 Å². The van der Waals surface area contributed by atoms with Crippen molar-refractivity contribution < 1.29 is 4.74 Å². The second-order valence-corrected chi connectivity index (χ2v) is 6.97. The Labute approximate surface area is 154 Å². The van der Waals surface area contributed by atoms with Crippen LogP contribution in [0.3, 0.4) is 0 Å². The fourth-order valence-electron chi connectivity index (χ4n) is 2.68. The quantitative estimate of drug-likeness (QED) is 0.690. The number of hydrogen-bond acceptors (Lipinski definition) is 5. The summed E-state index contributed by atoms with van der Waals surface area (Å²) in [5.74, 6) is 2.22. The smallest absolute Gasteiger partial charge is 0.212 e. The Kier molecular flexibility index (Phi) is 4.23. The van der Waals surface area contributed by atoms with Crippen LogP contribution in [-0.4, -0.2) is 33.4 Å². The first-order chi connectivity index (χ1) is 12.2. The second kappa shape index (κ2) is 6.54. The normalized spacial score (nSPS) is 13.3. The lowest BCUT2D eigenvalue weighted by molar-refractivity contribution is 0.411. The largest absolute Gasteiger partial charge is 0.496 e. The van der Waals surface area contributed by atoms with Crippen LogP contribution in [0, 0.1) is 6.92 Å². The molecule has 25 heavy (non-hydrogen) atoms. The van der Waals surface area contributed by atoms with E-state index in [-0.39, 0.29) is 0 Å². The van der Waals surface area contributed by atoms with Gasteiger partial charge in [0.1, 0.15) is 5.75 Å². The van der Waals surface area contributed by atoms with Gasteiger partial charge in [-0.2, -0.15) is 9.78 Å². The summed E-state index contributed by atoms with van der Waals surface area (Å²) in [5.41, 5.74) is 3.88. The number of ether oxygens (including phenoxy) is 1. The van der Waals surface area contributed by atoms with Crippen molar-refractivity contribution in [3.8, 4) is 17.1 Å². The van der Waals surface area contributed by atoms with Crippen LogP contribution in [0.5, 0.6) is 5.75 Å². The highest BCUT2D eigenvalue weighted by Gasteiger charge is 2.22. The van der Waals surface area contributed by atoms with Crippen LogP contribution in [0.25, 0.3) is 11.4 Å². The van der Waals surface area contributed by atoms with Gasteiger partial charge in [0, 0.05) is 16.9 Å². The second-order valence-electron chi connectivity index (χ2n) is 5.62. The molecule has 1 aromatic heterocycles. The molecule has 0 unspecified atom stereocenters. The third-order valence-electron chi connectivity index (χ3n) is 4.03. The fourth-order valence-corrected chi connectivity index (χ4v) is 3.74. The molecule has 0 saturated heterocycles. The number of nitrogens with zero attached hydrogens (tertiary/aromatic N) is 4. The minimum Gasteiger partial charge on any atom is -0.496 e. The molecule has 4 rings (SSSR count). The van der Waals surface area contributed by atoms with Crippen LogP contribution < -0.4 is 4.74 Å². The van der Waals surface area contributed by atoms with E-state index in [1.165, 1.54) is 0 Å². The minimum atomic E-state index is 0.627. The van der Waals surface area contributed by atoms with E-state index < -0.39 is 0 Å². The molecule has 0 amide bonds. The number of aromatic nitrogens is 3. The molecule has 1 aliphatic rings. The number of halogens is 1. The van der Waals surface area contributed by atoms with Gasteiger partial charge in [-0.25, -0.2) is 0 Å². The number of thioether (sulfide) groups is 1. The Morgan fingerprint density at radius 2 is 2.00 bits per heavy atom. The van der Waals surface area contributed by atoms with E-state index in [1.807, 2.05) is 43.3 Å². The van der Waals surface area contributed by atoms with E-state index >= 15 is 0 Å². The number of aryl methyl sites for hydroxylation is 1. The van der Waals surface area contributed by atoms with Gasteiger partial charge in [0.25, 0.3) is 0 Å². The maximum absolute atomic E-state index is 6.32. The van der Waals surface area contributed by atoms with Gasteiger partial charge in [0.2, 0.25) is 5.16 Å². The van der Waals surface area contributed by atoms with Crippen molar-refractivity contribution in [2.24, 2.45) is 5.10 Å². The molecule has 0 fully saturated rings. The van der Waals surface area contributed by atoms with Gasteiger partial charge >= 0.3 is 0 Å². The molecule has 0 N–H and O–H groups in total. The Balaban J connectivity index is 1.80. The zero-order chi connectivity index (χ0) is 17.4. The van der Waals surface area contributed by atoms with Gasteiger partial charge in [-0.1, -0.05) is 47.6 Å². The predicted molar refractivity (Wildman–Crippen MR) is 101 cm³/mol. The minimum absolute atomic E-state index is 0.627. The van der Waals surface area contributed by atoms with Crippen molar-refractivity contribution in [1.29, 1.82) is 0 Å². The molecule has 5 nitrogen and oxygen atoms in total. The van der Waals surface area contributed by atoms with Gasteiger partial charge in [0.05, 0.1) is 17.8 Å². The number of benzene rings is 2. The molecular weight excluding hydrogens is 356 g/mol. The molecule has 0 aliphatic carbocycles. The van der Waals surface area contributed by atoms with Gasteiger partial charge in [-0.15, -0.1) is 10.2 Å². The highest BCUT2D eigenvalue weighted by molar-refractivity contribution is 7.99. The van der Waals surface area contributed by atoms with Crippen LogP contribution in [0.2, 0.25) is 5.02 Å². The molecule has 3 aromatic rings. The van der Waals surface area contributed by atoms with Gasteiger partial charge in [0.15, 0.2) is 5.82 Å².